The van der Waals surface area contributed by atoms with E-state index >= 15 is 0 Å². The summed E-state index contributed by atoms with van der Waals surface area (Å²) >= 11 is 0. The Labute approximate surface area is 156 Å². The van der Waals surface area contributed by atoms with Crippen LogP contribution in [-0.2, 0) is 4.74 Å². The third-order valence-corrected chi connectivity index (χ3v) is 3.99. The van der Waals surface area contributed by atoms with E-state index in [0.717, 1.165) is 17.7 Å². The van der Waals surface area contributed by atoms with Crippen LogP contribution in [0.25, 0.3) is 5.57 Å². The Bertz CT molecular complexity index is 685. The van der Waals surface area contributed by atoms with E-state index in [1.807, 2.05) is 45.0 Å². The number of aliphatic hydroxyl groups is 1. The molecule has 0 atom stereocenters. The highest BCUT2D eigenvalue weighted by Crippen LogP contribution is 2.28. The third kappa shape index (κ3) is 5.95. The Hall–Kier alpha value is -2.21. The standard InChI is InChI=1S/C20H31N3O3/c1-19(2,3)26-18(24)23-10-8-14(9-11-23)15-6-7-17(16(21)12-15)22-13-20(4,5)25/h6-8,12,22,25H,9-11,13,21H2,1-5H3. The summed E-state index contributed by atoms with van der Waals surface area (Å²) in [5, 5.41) is 13.0. The summed E-state index contributed by atoms with van der Waals surface area (Å²) in [6, 6.07) is 5.87. The van der Waals surface area contributed by atoms with Crippen LogP contribution in [0.2, 0.25) is 0 Å². The molecule has 0 aliphatic carbocycles. The van der Waals surface area contributed by atoms with Crippen molar-refractivity contribution in [1.29, 1.82) is 0 Å². The van der Waals surface area contributed by atoms with Gasteiger partial charge in [0, 0.05) is 19.6 Å². The number of anilines is 2. The second-order valence-electron chi connectivity index (χ2n) is 8.37. The van der Waals surface area contributed by atoms with Gasteiger partial charge in [-0.15, -0.1) is 0 Å². The molecule has 0 saturated heterocycles. The van der Waals surface area contributed by atoms with Gasteiger partial charge in [-0.05, 0) is 64.3 Å². The average Bonchev–Trinajstić information content (AvgIpc) is 2.51. The minimum atomic E-state index is -0.803. The maximum Gasteiger partial charge on any atom is 0.410 e. The highest BCUT2D eigenvalue weighted by Gasteiger charge is 2.24. The summed E-state index contributed by atoms with van der Waals surface area (Å²) in [5.41, 5.74) is 8.53. The fraction of sp³-hybridized carbons (Fsp3) is 0.550. The van der Waals surface area contributed by atoms with Crippen molar-refractivity contribution in [2.75, 3.05) is 30.7 Å². The molecule has 0 saturated carbocycles. The van der Waals surface area contributed by atoms with Crippen LogP contribution in [0.1, 0.15) is 46.6 Å². The SMILES string of the molecule is CC(C)(O)CNc1ccc(C2=CCN(C(=O)OC(C)(C)C)CC2)cc1N. The molecule has 0 spiro atoms. The van der Waals surface area contributed by atoms with E-state index in [-0.39, 0.29) is 6.09 Å². The van der Waals surface area contributed by atoms with Crippen molar-refractivity contribution >= 4 is 23.0 Å². The van der Waals surface area contributed by atoms with E-state index in [0.29, 0.717) is 25.3 Å². The molecular formula is C20H31N3O3. The van der Waals surface area contributed by atoms with Crippen LogP contribution in [0.4, 0.5) is 16.2 Å². The topological polar surface area (TPSA) is 87.8 Å². The summed E-state index contributed by atoms with van der Waals surface area (Å²) < 4.78 is 5.42. The third-order valence-electron chi connectivity index (χ3n) is 3.99. The zero-order chi connectivity index (χ0) is 19.5. The molecule has 1 heterocycles. The summed E-state index contributed by atoms with van der Waals surface area (Å²) in [6.07, 6.45) is 2.53. The highest BCUT2D eigenvalue weighted by molar-refractivity contribution is 5.77. The summed E-state index contributed by atoms with van der Waals surface area (Å²) in [7, 11) is 0. The number of nitrogens with one attached hydrogen (secondary N) is 1. The second-order valence-corrected chi connectivity index (χ2v) is 8.37. The molecule has 0 bridgehead atoms. The number of amides is 1. The Morgan fingerprint density at radius 3 is 2.50 bits per heavy atom. The first-order chi connectivity index (χ1) is 11.9. The smallest absolute Gasteiger partial charge is 0.410 e. The number of ether oxygens (including phenoxy) is 1. The first kappa shape index (κ1) is 20.1. The van der Waals surface area contributed by atoms with E-state index in [4.69, 9.17) is 10.5 Å². The molecule has 6 heteroatoms. The number of hydrogen-bond donors (Lipinski definition) is 3. The molecule has 6 nitrogen and oxygen atoms in total. The Kier molecular flexibility index (Phi) is 5.86. The van der Waals surface area contributed by atoms with Gasteiger partial charge in [-0.1, -0.05) is 12.1 Å². The highest BCUT2D eigenvalue weighted by atomic mass is 16.6. The van der Waals surface area contributed by atoms with E-state index < -0.39 is 11.2 Å². The largest absolute Gasteiger partial charge is 0.444 e. The van der Waals surface area contributed by atoms with Crippen LogP contribution in [0.3, 0.4) is 0 Å². The molecule has 2 rings (SSSR count). The second kappa shape index (κ2) is 7.58. The lowest BCUT2D eigenvalue weighted by Crippen LogP contribution is -2.39. The predicted octanol–water partition coefficient (Wildman–Crippen LogP) is 3.48. The molecule has 0 radical (unpaired) electrons. The van der Waals surface area contributed by atoms with Crippen LogP contribution in [0.5, 0.6) is 0 Å². The number of benzene rings is 1. The zero-order valence-electron chi connectivity index (χ0n) is 16.4. The summed E-state index contributed by atoms with van der Waals surface area (Å²) in [4.78, 5) is 13.8. The van der Waals surface area contributed by atoms with Gasteiger partial charge in [0.15, 0.2) is 0 Å². The molecule has 1 aliphatic heterocycles. The molecular weight excluding hydrogens is 330 g/mol. The Balaban J connectivity index is 2.02. The van der Waals surface area contributed by atoms with Crippen molar-refractivity contribution in [3.05, 3.63) is 29.8 Å². The van der Waals surface area contributed by atoms with Crippen molar-refractivity contribution in [1.82, 2.24) is 4.90 Å². The first-order valence-electron chi connectivity index (χ1n) is 8.98. The van der Waals surface area contributed by atoms with Crippen LogP contribution in [0, 0.1) is 0 Å². The van der Waals surface area contributed by atoms with Crippen LogP contribution >= 0.6 is 0 Å². The molecule has 1 amide bonds. The van der Waals surface area contributed by atoms with Crippen molar-refractivity contribution in [2.24, 2.45) is 0 Å². The fourth-order valence-electron chi connectivity index (χ4n) is 2.66. The van der Waals surface area contributed by atoms with Gasteiger partial charge in [-0.3, -0.25) is 0 Å². The van der Waals surface area contributed by atoms with Crippen molar-refractivity contribution in [2.45, 2.75) is 52.2 Å². The van der Waals surface area contributed by atoms with Gasteiger partial charge >= 0.3 is 6.09 Å². The number of carbonyl (C=O) groups excluding carboxylic acids is 1. The quantitative estimate of drug-likeness (QED) is 0.715. The number of rotatable bonds is 4. The number of nitrogens with two attached hydrogens (primary N) is 1. The normalized spacial score (nSPS) is 15.5. The number of hydrogen-bond acceptors (Lipinski definition) is 5. The minimum Gasteiger partial charge on any atom is -0.444 e. The van der Waals surface area contributed by atoms with Crippen LogP contribution in [0.15, 0.2) is 24.3 Å². The minimum absolute atomic E-state index is 0.279. The van der Waals surface area contributed by atoms with Gasteiger partial charge in [0.05, 0.1) is 17.0 Å². The van der Waals surface area contributed by atoms with Gasteiger partial charge in [0.25, 0.3) is 0 Å². The zero-order valence-corrected chi connectivity index (χ0v) is 16.4. The fourth-order valence-corrected chi connectivity index (χ4v) is 2.66. The molecule has 1 aliphatic rings. The van der Waals surface area contributed by atoms with E-state index in [2.05, 4.69) is 5.32 Å². The number of nitrogens with zero attached hydrogens (tertiary/aromatic N) is 1. The Morgan fingerprint density at radius 1 is 1.31 bits per heavy atom. The monoisotopic (exact) mass is 361 g/mol. The molecule has 144 valence electrons. The summed E-state index contributed by atoms with van der Waals surface area (Å²) in [6.45, 7) is 10.7. The maximum atomic E-state index is 12.1. The van der Waals surface area contributed by atoms with E-state index in [9.17, 15) is 9.90 Å². The van der Waals surface area contributed by atoms with Gasteiger partial charge in [0.1, 0.15) is 5.60 Å². The Morgan fingerprint density at radius 2 is 2.00 bits per heavy atom. The van der Waals surface area contributed by atoms with Crippen molar-refractivity contribution in [3.8, 4) is 0 Å². The van der Waals surface area contributed by atoms with Crippen molar-refractivity contribution < 1.29 is 14.6 Å². The van der Waals surface area contributed by atoms with Gasteiger partial charge in [-0.25, -0.2) is 4.79 Å². The lowest BCUT2D eigenvalue weighted by molar-refractivity contribution is 0.0270. The lowest BCUT2D eigenvalue weighted by atomic mass is 9.98. The molecule has 0 fully saturated rings. The van der Waals surface area contributed by atoms with Gasteiger partial charge in [-0.2, -0.15) is 0 Å². The molecule has 1 aromatic rings. The van der Waals surface area contributed by atoms with E-state index in [1.165, 1.54) is 5.57 Å². The lowest BCUT2D eigenvalue weighted by Gasteiger charge is -2.29. The maximum absolute atomic E-state index is 12.1. The molecule has 1 aromatic carbocycles. The first-order valence-corrected chi connectivity index (χ1v) is 8.98. The summed E-state index contributed by atoms with van der Waals surface area (Å²) in [5.74, 6) is 0. The average molecular weight is 361 g/mol. The molecule has 0 aromatic heterocycles. The van der Waals surface area contributed by atoms with Gasteiger partial charge in [0.2, 0.25) is 0 Å². The molecule has 4 N–H and O–H groups in total. The van der Waals surface area contributed by atoms with Crippen LogP contribution < -0.4 is 11.1 Å². The van der Waals surface area contributed by atoms with E-state index in [1.54, 1.807) is 18.7 Å². The number of carbonyl (C=O) groups is 1. The molecule has 0 unspecified atom stereocenters. The number of nitrogen functional groups attached to an aromatic ring is 1. The molecule has 26 heavy (non-hydrogen) atoms. The predicted molar refractivity (Wildman–Crippen MR) is 106 cm³/mol. The van der Waals surface area contributed by atoms with Crippen molar-refractivity contribution in [3.63, 3.8) is 0 Å². The van der Waals surface area contributed by atoms with Gasteiger partial charge < -0.3 is 25.8 Å². The van der Waals surface area contributed by atoms with Crippen LogP contribution in [-0.4, -0.2) is 46.9 Å².